The van der Waals surface area contributed by atoms with Crippen molar-refractivity contribution in [2.45, 2.75) is 11.4 Å². The van der Waals surface area contributed by atoms with Crippen LogP contribution in [0, 0.1) is 0 Å². The van der Waals surface area contributed by atoms with E-state index >= 15 is 0 Å². The molecule has 0 bridgehead atoms. The summed E-state index contributed by atoms with van der Waals surface area (Å²) >= 11 is 6.02. The number of carbonyl (C=O) groups excluding carboxylic acids is 1. The van der Waals surface area contributed by atoms with Crippen LogP contribution in [0.15, 0.2) is 29.4 Å². The number of rotatable bonds is 3. The third-order valence-corrected chi connectivity index (χ3v) is 4.43. The van der Waals surface area contributed by atoms with Crippen LogP contribution in [0.4, 0.5) is 11.4 Å². The number of nitrogens with zero attached hydrogens (tertiary/aromatic N) is 1. The van der Waals surface area contributed by atoms with Crippen LogP contribution in [0.2, 0.25) is 5.02 Å². The predicted molar refractivity (Wildman–Crippen MR) is 73.2 cm³/mol. The molecule has 0 spiro atoms. The van der Waals surface area contributed by atoms with Crippen molar-refractivity contribution < 1.29 is 13.2 Å². The third kappa shape index (κ3) is 2.23. The van der Waals surface area contributed by atoms with Crippen LogP contribution >= 0.6 is 11.6 Å². The fourth-order valence-corrected chi connectivity index (χ4v) is 3.17. The Hall–Kier alpha value is -2.06. The molecule has 0 fully saturated rings. The average Bonchev–Trinajstić information content (AvgIpc) is 2.98. The van der Waals surface area contributed by atoms with Crippen molar-refractivity contribution in [3.63, 3.8) is 0 Å². The van der Waals surface area contributed by atoms with Gasteiger partial charge in [0.25, 0.3) is 10.0 Å². The summed E-state index contributed by atoms with van der Waals surface area (Å²) in [6.45, 7) is 0. The lowest BCUT2D eigenvalue weighted by Crippen LogP contribution is -2.14. The number of fused-ring (bicyclic) bond motifs is 1. The minimum Gasteiger partial charge on any atom is -0.325 e. The molecule has 7 nitrogen and oxygen atoms in total. The van der Waals surface area contributed by atoms with Gasteiger partial charge in [0.2, 0.25) is 5.91 Å². The molecule has 2 heterocycles. The highest BCUT2D eigenvalue weighted by atomic mass is 35.5. The van der Waals surface area contributed by atoms with E-state index in [0.717, 1.165) is 0 Å². The molecular formula is C11H9ClN4O3S. The normalized spacial score (nSPS) is 13.9. The number of halogens is 1. The molecule has 1 aliphatic rings. The summed E-state index contributed by atoms with van der Waals surface area (Å²) < 4.78 is 26.5. The summed E-state index contributed by atoms with van der Waals surface area (Å²) in [6.07, 6.45) is 1.53. The first-order valence-electron chi connectivity index (χ1n) is 5.60. The van der Waals surface area contributed by atoms with Crippen LogP contribution in [0.1, 0.15) is 5.56 Å². The van der Waals surface area contributed by atoms with Gasteiger partial charge in [-0.25, -0.2) is 0 Å². The van der Waals surface area contributed by atoms with Gasteiger partial charge >= 0.3 is 0 Å². The molecular weight excluding hydrogens is 304 g/mol. The zero-order chi connectivity index (χ0) is 14.3. The molecule has 0 unspecified atom stereocenters. The Balaban J connectivity index is 1.97. The maximum atomic E-state index is 12.1. The molecule has 0 atom stereocenters. The summed E-state index contributed by atoms with van der Waals surface area (Å²) in [5.41, 5.74) is 1.52. The smallest absolute Gasteiger partial charge is 0.278 e. The first-order valence-corrected chi connectivity index (χ1v) is 7.46. The molecule has 3 N–H and O–H groups in total. The van der Waals surface area contributed by atoms with Crippen LogP contribution in [0.5, 0.6) is 0 Å². The maximum absolute atomic E-state index is 12.1. The van der Waals surface area contributed by atoms with E-state index in [1.54, 1.807) is 6.07 Å². The molecule has 1 aromatic carbocycles. The fraction of sp³-hybridized carbons (Fsp3) is 0.0909. The van der Waals surface area contributed by atoms with Crippen molar-refractivity contribution in [3.8, 4) is 0 Å². The molecule has 2 aromatic rings. The second kappa shape index (κ2) is 4.50. The quantitative estimate of drug-likeness (QED) is 0.796. The van der Waals surface area contributed by atoms with Crippen molar-refractivity contribution in [1.82, 2.24) is 10.2 Å². The van der Waals surface area contributed by atoms with Gasteiger partial charge in [0.15, 0.2) is 5.03 Å². The zero-order valence-corrected chi connectivity index (χ0v) is 11.5. The first kappa shape index (κ1) is 12.9. The van der Waals surface area contributed by atoms with Crippen LogP contribution in [-0.2, 0) is 21.2 Å². The highest BCUT2D eigenvalue weighted by molar-refractivity contribution is 7.92. The lowest BCUT2D eigenvalue weighted by Gasteiger charge is -2.10. The van der Waals surface area contributed by atoms with Crippen molar-refractivity contribution >= 4 is 38.9 Å². The highest BCUT2D eigenvalue weighted by Crippen LogP contribution is 2.33. The zero-order valence-electron chi connectivity index (χ0n) is 9.97. The number of aromatic nitrogens is 2. The number of anilines is 2. The van der Waals surface area contributed by atoms with Crippen molar-refractivity contribution in [1.29, 1.82) is 0 Å². The average molecular weight is 313 g/mol. The van der Waals surface area contributed by atoms with E-state index in [2.05, 4.69) is 20.2 Å². The molecule has 0 saturated carbocycles. The number of hydrogen-bond donors (Lipinski definition) is 3. The number of H-pyrrole nitrogens is 1. The Kier molecular flexibility index (Phi) is 2.91. The van der Waals surface area contributed by atoms with E-state index in [9.17, 15) is 13.2 Å². The van der Waals surface area contributed by atoms with E-state index in [-0.39, 0.29) is 28.1 Å². The Labute approximate surface area is 119 Å². The van der Waals surface area contributed by atoms with E-state index in [1.165, 1.54) is 18.3 Å². The topological polar surface area (TPSA) is 104 Å². The number of sulfonamides is 1. The lowest BCUT2D eigenvalue weighted by atomic mass is 10.1. The molecule has 0 aliphatic carbocycles. The molecule has 0 radical (unpaired) electrons. The van der Waals surface area contributed by atoms with E-state index in [4.69, 9.17) is 11.6 Å². The van der Waals surface area contributed by atoms with Crippen LogP contribution in [-0.4, -0.2) is 24.5 Å². The summed E-state index contributed by atoms with van der Waals surface area (Å²) in [5, 5.41) is 8.73. The van der Waals surface area contributed by atoms with Gasteiger partial charge in [-0.05, 0) is 23.8 Å². The van der Waals surface area contributed by atoms with Gasteiger partial charge in [-0.3, -0.25) is 14.6 Å². The Morgan fingerprint density at radius 3 is 2.85 bits per heavy atom. The number of benzene rings is 1. The molecule has 1 amide bonds. The number of carbonyl (C=O) groups is 1. The standard InChI is InChI=1S/C11H9ClN4O3S/c12-7-5-8-6(4-10(17)14-8)3-9(7)16-20(18,19)11-1-2-13-15-11/h1-3,5,16H,4H2,(H,13,15)(H,14,17). The van der Waals surface area contributed by atoms with Gasteiger partial charge in [-0.2, -0.15) is 13.5 Å². The van der Waals surface area contributed by atoms with E-state index in [1.807, 2.05) is 0 Å². The number of amides is 1. The van der Waals surface area contributed by atoms with Gasteiger partial charge in [-0.1, -0.05) is 11.6 Å². The number of hydrogen-bond acceptors (Lipinski definition) is 4. The Morgan fingerprint density at radius 1 is 1.35 bits per heavy atom. The van der Waals surface area contributed by atoms with Gasteiger partial charge in [0, 0.05) is 5.69 Å². The molecule has 20 heavy (non-hydrogen) atoms. The monoisotopic (exact) mass is 312 g/mol. The van der Waals surface area contributed by atoms with Crippen LogP contribution in [0.3, 0.4) is 0 Å². The van der Waals surface area contributed by atoms with Gasteiger partial charge in [0.1, 0.15) is 0 Å². The minimum atomic E-state index is -3.78. The number of nitrogens with one attached hydrogen (secondary N) is 3. The Morgan fingerprint density at radius 2 is 2.15 bits per heavy atom. The highest BCUT2D eigenvalue weighted by Gasteiger charge is 2.22. The molecule has 9 heteroatoms. The fourth-order valence-electron chi connectivity index (χ4n) is 1.92. The van der Waals surface area contributed by atoms with Crippen molar-refractivity contribution in [2.24, 2.45) is 0 Å². The van der Waals surface area contributed by atoms with Gasteiger partial charge in [0.05, 0.1) is 23.3 Å². The van der Waals surface area contributed by atoms with E-state index < -0.39 is 10.0 Å². The van der Waals surface area contributed by atoms with E-state index in [0.29, 0.717) is 11.3 Å². The predicted octanol–water partition coefficient (Wildman–Crippen LogP) is 1.36. The van der Waals surface area contributed by atoms with Crippen molar-refractivity contribution in [3.05, 3.63) is 35.0 Å². The number of aromatic amines is 1. The van der Waals surface area contributed by atoms with Crippen LogP contribution < -0.4 is 10.0 Å². The van der Waals surface area contributed by atoms with Crippen molar-refractivity contribution in [2.75, 3.05) is 10.0 Å². The molecule has 1 aliphatic heterocycles. The second-order valence-electron chi connectivity index (χ2n) is 4.24. The third-order valence-electron chi connectivity index (χ3n) is 2.83. The molecule has 0 saturated heterocycles. The Bertz CT molecular complexity index is 786. The SMILES string of the molecule is O=C1Cc2cc(NS(=O)(=O)c3ccn[nH]3)c(Cl)cc2N1. The largest absolute Gasteiger partial charge is 0.325 e. The summed E-state index contributed by atoms with van der Waals surface area (Å²) in [6, 6.07) is 4.39. The lowest BCUT2D eigenvalue weighted by molar-refractivity contribution is -0.115. The maximum Gasteiger partial charge on any atom is 0.278 e. The summed E-state index contributed by atoms with van der Waals surface area (Å²) in [4.78, 5) is 11.3. The molecule has 104 valence electrons. The minimum absolute atomic E-state index is 0.0664. The summed E-state index contributed by atoms with van der Waals surface area (Å²) in [7, 11) is -3.78. The summed E-state index contributed by atoms with van der Waals surface area (Å²) in [5.74, 6) is -0.148. The second-order valence-corrected chi connectivity index (χ2v) is 6.30. The van der Waals surface area contributed by atoms with Gasteiger partial charge < -0.3 is 5.32 Å². The molecule has 3 rings (SSSR count). The molecule has 1 aromatic heterocycles. The van der Waals surface area contributed by atoms with Crippen LogP contribution in [0.25, 0.3) is 0 Å². The first-order chi connectivity index (χ1) is 9.45. The van der Waals surface area contributed by atoms with Gasteiger partial charge in [-0.15, -0.1) is 0 Å².